The molecule has 3 aromatic carbocycles. The number of hydrogen-bond acceptors (Lipinski definition) is 2. The van der Waals surface area contributed by atoms with Crippen molar-refractivity contribution < 1.29 is 9.84 Å². The molecule has 1 N–H and O–H groups in total. The van der Waals surface area contributed by atoms with Crippen LogP contribution in [0, 0.1) is 6.92 Å². The van der Waals surface area contributed by atoms with Crippen LogP contribution in [0.5, 0.6) is 11.5 Å². The number of aryl methyl sites for hydroxylation is 1. The minimum atomic E-state index is 0.100. The average molecular weight is 315 g/mol. The smallest absolute Gasteiger partial charge is 0.144 e. The molecular formula is C21H17NO2. The molecule has 0 bridgehead atoms. The lowest BCUT2D eigenvalue weighted by Crippen LogP contribution is -2.22. The van der Waals surface area contributed by atoms with E-state index in [2.05, 4.69) is 54.0 Å². The molecule has 0 amide bonds. The Morgan fingerprint density at radius 2 is 1.88 bits per heavy atom. The van der Waals surface area contributed by atoms with Crippen molar-refractivity contribution in [3.8, 4) is 11.5 Å². The van der Waals surface area contributed by atoms with Gasteiger partial charge in [0.25, 0.3) is 0 Å². The summed E-state index contributed by atoms with van der Waals surface area (Å²) >= 11 is 0. The Morgan fingerprint density at radius 3 is 2.71 bits per heavy atom. The molecule has 3 nitrogen and oxygen atoms in total. The van der Waals surface area contributed by atoms with Crippen molar-refractivity contribution in [3.05, 3.63) is 71.8 Å². The third kappa shape index (κ3) is 1.72. The molecule has 4 aromatic rings. The summed E-state index contributed by atoms with van der Waals surface area (Å²) in [5.41, 5.74) is 4.47. The van der Waals surface area contributed by atoms with Crippen LogP contribution in [0.4, 0.5) is 0 Å². The van der Waals surface area contributed by atoms with Gasteiger partial charge in [0.1, 0.15) is 18.1 Å². The fourth-order valence-corrected chi connectivity index (χ4v) is 3.91. The van der Waals surface area contributed by atoms with E-state index in [-0.39, 0.29) is 6.04 Å². The quantitative estimate of drug-likeness (QED) is 0.548. The van der Waals surface area contributed by atoms with Crippen molar-refractivity contribution >= 4 is 21.8 Å². The van der Waals surface area contributed by atoms with Gasteiger partial charge in [0.15, 0.2) is 0 Å². The second kappa shape index (κ2) is 4.78. The van der Waals surface area contributed by atoms with Gasteiger partial charge in [-0.05, 0) is 42.3 Å². The Balaban J connectivity index is 1.95. The van der Waals surface area contributed by atoms with Gasteiger partial charge in [0, 0.05) is 10.8 Å². The summed E-state index contributed by atoms with van der Waals surface area (Å²) in [4.78, 5) is 0. The molecule has 1 atom stereocenters. The number of aromatic nitrogens is 1. The monoisotopic (exact) mass is 315 g/mol. The minimum Gasteiger partial charge on any atom is -0.507 e. The molecule has 118 valence electrons. The van der Waals surface area contributed by atoms with Crippen LogP contribution in [0.2, 0.25) is 0 Å². The summed E-state index contributed by atoms with van der Waals surface area (Å²) in [6, 6.07) is 20.5. The number of aromatic hydroxyl groups is 1. The van der Waals surface area contributed by atoms with Gasteiger partial charge in [-0.1, -0.05) is 36.4 Å². The summed E-state index contributed by atoms with van der Waals surface area (Å²) in [5, 5.41) is 12.4. The first-order chi connectivity index (χ1) is 11.7. The molecule has 0 aliphatic carbocycles. The molecule has 24 heavy (non-hydrogen) atoms. The Labute approximate surface area is 139 Å². The predicted molar refractivity (Wildman–Crippen MR) is 95.9 cm³/mol. The lowest BCUT2D eigenvalue weighted by atomic mass is 10.1. The topological polar surface area (TPSA) is 34.4 Å². The summed E-state index contributed by atoms with van der Waals surface area (Å²) in [6.45, 7) is 2.65. The second-order valence-corrected chi connectivity index (χ2v) is 6.44. The summed E-state index contributed by atoms with van der Waals surface area (Å²) in [6.07, 6.45) is 0. The van der Waals surface area contributed by atoms with Crippen LogP contribution in [-0.2, 0) is 0 Å². The van der Waals surface area contributed by atoms with Gasteiger partial charge in [0.2, 0.25) is 0 Å². The Kier molecular flexibility index (Phi) is 2.69. The highest BCUT2D eigenvalue weighted by Crippen LogP contribution is 2.44. The normalized spacial score (nSPS) is 16.5. The van der Waals surface area contributed by atoms with Crippen molar-refractivity contribution in [2.45, 2.75) is 13.0 Å². The predicted octanol–water partition coefficient (Wildman–Crippen LogP) is 4.79. The maximum Gasteiger partial charge on any atom is 0.144 e. The highest BCUT2D eigenvalue weighted by Gasteiger charge is 2.28. The lowest BCUT2D eigenvalue weighted by Gasteiger charge is -2.27. The van der Waals surface area contributed by atoms with Gasteiger partial charge in [-0.3, -0.25) is 0 Å². The Bertz CT molecular complexity index is 1080. The van der Waals surface area contributed by atoms with E-state index < -0.39 is 0 Å². The van der Waals surface area contributed by atoms with Crippen LogP contribution >= 0.6 is 0 Å². The molecule has 1 unspecified atom stereocenters. The molecule has 1 aliphatic rings. The van der Waals surface area contributed by atoms with Crippen molar-refractivity contribution in [1.29, 1.82) is 0 Å². The van der Waals surface area contributed by atoms with Crippen LogP contribution < -0.4 is 4.74 Å². The maximum atomic E-state index is 10.5. The number of rotatable bonds is 1. The van der Waals surface area contributed by atoms with E-state index in [1.54, 1.807) is 6.07 Å². The molecule has 0 saturated carbocycles. The van der Waals surface area contributed by atoms with Gasteiger partial charge in [-0.25, -0.2) is 0 Å². The Morgan fingerprint density at radius 1 is 1.04 bits per heavy atom. The first-order valence-corrected chi connectivity index (χ1v) is 8.18. The van der Waals surface area contributed by atoms with Crippen LogP contribution in [0.25, 0.3) is 21.8 Å². The second-order valence-electron chi connectivity index (χ2n) is 6.44. The minimum absolute atomic E-state index is 0.100. The van der Waals surface area contributed by atoms with Crippen LogP contribution in [-0.4, -0.2) is 16.3 Å². The molecule has 0 saturated heterocycles. The third-order valence-electron chi connectivity index (χ3n) is 4.90. The number of nitrogens with zero attached hydrogens (tertiary/aromatic N) is 1. The average Bonchev–Trinajstić information content (AvgIpc) is 2.93. The molecule has 5 rings (SSSR count). The molecule has 0 radical (unpaired) electrons. The van der Waals surface area contributed by atoms with Crippen molar-refractivity contribution in [2.24, 2.45) is 0 Å². The summed E-state index contributed by atoms with van der Waals surface area (Å²) < 4.78 is 8.43. The van der Waals surface area contributed by atoms with E-state index in [0.717, 1.165) is 33.1 Å². The van der Waals surface area contributed by atoms with Crippen LogP contribution in [0.3, 0.4) is 0 Å². The molecule has 2 heterocycles. The zero-order valence-corrected chi connectivity index (χ0v) is 13.4. The molecule has 3 heteroatoms. The Hall–Kier alpha value is -2.94. The fraction of sp³-hybridized carbons (Fsp3) is 0.143. The lowest BCUT2D eigenvalue weighted by molar-refractivity contribution is 0.262. The van der Waals surface area contributed by atoms with Gasteiger partial charge in [0.05, 0.1) is 17.1 Å². The van der Waals surface area contributed by atoms with Gasteiger partial charge in [-0.2, -0.15) is 0 Å². The fourth-order valence-electron chi connectivity index (χ4n) is 3.91. The van der Waals surface area contributed by atoms with Crippen LogP contribution in [0.1, 0.15) is 17.2 Å². The molecule has 1 aromatic heterocycles. The zero-order chi connectivity index (χ0) is 16.3. The van der Waals surface area contributed by atoms with E-state index in [9.17, 15) is 5.11 Å². The first-order valence-electron chi connectivity index (χ1n) is 8.18. The highest BCUT2D eigenvalue weighted by molar-refractivity contribution is 6.13. The van der Waals surface area contributed by atoms with E-state index in [1.807, 2.05) is 12.1 Å². The summed E-state index contributed by atoms with van der Waals surface area (Å²) in [7, 11) is 0. The number of phenols is 1. The number of benzene rings is 3. The standard InChI is InChI=1S/C21H17NO2/c1-13-10-15-20-16(8-5-9-18(20)23)22-17(14-6-3-2-4-7-14)12-24-19(11-13)21(15)22/h2-11,17,23H,12H2,1H3. The molecule has 0 fully saturated rings. The largest absolute Gasteiger partial charge is 0.507 e. The number of ether oxygens (including phenoxy) is 1. The molecule has 1 aliphatic heterocycles. The maximum absolute atomic E-state index is 10.5. The number of hydrogen-bond donors (Lipinski definition) is 1. The van der Waals surface area contributed by atoms with Crippen molar-refractivity contribution in [3.63, 3.8) is 0 Å². The summed E-state index contributed by atoms with van der Waals surface area (Å²) in [5.74, 6) is 1.22. The van der Waals surface area contributed by atoms with Gasteiger partial charge in [-0.15, -0.1) is 0 Å². The van der Waals surface area contributed by atoms with E-state index >= 15 is 0 Å². The highest BCUT2D eigenvalue weighted by atomic mass is 16.5. The van der Waals surface area contributed by atoms with Gasteiger partial charge >= 0.3 is 0 Å². The first kappa shape index (κ1) is 13.5. The SMILES string of the molecule is Cc1cc2c3c(c1)c1c(O)cccc1n3C(c1ccccc1)CO2. The van der Waals surface area contributed by atoms with E-state index in [1.165, 1.54) is 5.56 Å². The van der Waals surface area contributed by atoms with Gasteiger partial charge < -0.3 is 14.4 Å². The van der Waals surface area contributed by atoms with Crippen molar-refractivity contribution in [1.82, 2.24) is 4.57 Å². The van der Waals surface area contributed by atoms with Crippen LogP contribution in [0.15, 0.2) is 60.7 Å². The number of fused-ring (bicyclic) bond motifs is 3. The molecular weight excluding hydrogens is 298 g/mol. The van der Waals surface area contributed by atoms with E-state index in [4.69, 9.17) is 4.74 Å². The number of phenolic OH excluding ortho intramolecular Hbond substituents is 1. The van der Waals surface area contributed by atoms with Crippen molar-refractivity contribution in [2.75, 3.05) is 6.61 Å². The third-order valence-corrected chi connectivity index (χ3v) is 4.90. The molecule has 0 spiro atoms. The van der Waals surface area contributed by atoms with E-state index in [0.29, 0.717) is 12.4 Å². The zero-order valence-electron chi connectivity index (χ0n) is 13.4.